The molecule has 0 aliphatic heterocycles. The lowest BCUT2D eigenvalue weighted by atomic mass is 10.4. The zero-order valence-corrected chi connectivity index (χ0v) is 7.13. The van der Waals surface area contributed by atoms with Gasteiger partial charge in [0.1, 0.15) is 0 Å². The van der Waals surface area contributed by atoms with Gasteiger partial charge in [-0.3, -0.25) is 4.39 Å². The van der Waals surface area contributed by atoms with Gasteiger partial charge in [-0.2, -0.15) is 0 Å². The van der Waals surface area contributed by atoms with Crippen molar-refractivity contribution in [2.24, 2.45) is 7.05 Å². The van der Waals surface area contributed by atoms with E-state index in [2.05, 4.69) is 4.98 Å². The molecule has 64 valence electrons. The Labute approximate surface area is 67.1 Å². The fourth-order valence-electron chi connectivity index (χ4n) is 0.459. The third-order valence-electron chi connectivity index (χ3n) is 1.12. The fourth-order valence-corrected chi connectivity index (χ4v) is 0.459. The van der Waals surface area contributed by atoms with Crippen molar-refractivity contribution in [1.82, 2.24) is 9.55 Å². The van der Waals surface area contributed by atoms with Crippen LogP contribution in [0.4, 0.5) is 4.39 Å². The fraction of sp³-hybridized carbons (Fsp3) is 0.625. The molecule has 3 heteroatoms. The Morgan fingerprint density at radius 1 is 1.55 bits per heavy atom. The highest BCUT2D eigenvalue weighted by atomic mass is 19.1. The molecule has 0 aromatic carbocycles. The lowest BCUT2D eigenvalue weighted by Gasteiger charge is -1.76. The number of halogens is 1. The summed E-state index contributed by atoms with van der Waals surface area (Å²) in [6.45, 7) is 1.82. The minimum Gasteiger partial charge on any atom is -0.341 e. The molecule has 0 amide bonds. The number of aromatic nitrogens is 2. The van der Waals surface area contributed by atoms with Crippen LogP contribution in [0, 0.1) is 0 Å². The standard InChI is InChI=1S/C4H9F.C4H6N2/c1-2-3-4-5;1-6-3-2-5-4-6/h2-4H2,1H3;2-4H,1H3. The Hall–Kier alpha value is -0.860. The highest BCUT2D eigenvalue weighted by Gasteiger charge is 1.71. The van der Waals surface area contributed by atoms with E-state index in [0.29, 0.717) is 0 Å². The van der Waals surface area contributed by atoms with Gasteiger partial charge in [0, 0.05) is 19.4 Å². The lowest BCUT2D eigenvalue weighted by Crippen LogP contribution is -1.76. The highest BCUT2D eigenvalue weighted by Crippen LogP contribution is 1.83. The Bertz CT molecular complexity index is 147. The van der Waals surface area contributed by atoms with Gasteiger partial charge >= 0.3 is 0 Å². The highest BCUT2D eigenvalue weighted by molar-refractivity contribution is 4.70. The normalized spacial score (nSPS) is 8.64. The molecule has 1 heterocycles. The van der Waals surface area contributed by atoms with Crippen LogP contribution >= 0.6 is 0 Å². The van der Waals surface area contributed by atoms with Crippen molar-refractivity contribution in [2.45, 2.75) is 19.8 Å². The number of alkyl halides is 1. The number of unbranched alkanes of at least 4 members (excludes halogenated alkanes) is 1. The Balaban J connectivity index is 0.000000187. The molecule has 11 heavy (non-hydrogen) atoms. The Morgan fingerprint density at radius 3 is 2.36 bits per heavy atom. The maximum Gasteiger partial charge on any atom is 0.0943 e. The van der Waals surface area contributed by atoms with E-state index >= 15 is 0 Å². The average molecular weight is 158 g/mol. The van der Waals surface area contributed by atoms with Crippen LogP contribution < -0.4 is 0 Å². The van der Waals surface area contributed by atoms with Crippen molar-refractivity contribution in [1.29, 1.82) is 0 Å². The predicted octanol–water partition coefficient (Wildman–Crippen LogP) is 2.18. The summed E-state index contributed by atoms with van der Waals surface area (Å²) < 4.78 is 12.9. The van der Waals surface area contributed by atoms with Gasteiger partial charge in [0.05, 0.1) is 13.0 Å². The molecular formula is C8H15FN2. The number of hydrogen-bond acceptors (Lipinski definition) is 1. The number of imidazole rings is 1. The molecule has 0 aliphatic rings. The lowest BCUT2D eigenvalue weighted by molar-refractivity contribution is 0.469. The van der Waals surface area contributed by atoms with E-state index in [4.69, 9.17) is 0 Å². The monoisotopic (exact) mass is 158 g/mol. The van der Waals surface area contributed by atoms with Crippen molar-refractivity contribution in [2.75, 3.05) is 6.67 Å². The molecule has 1 aromatic rings. The second-order valence-electron chi connectivity index (χ2n) is 2.27. The van der Waals surface area contributed by atoms with E-state index in [1.54, 1.807) is 12.5 Å². The summed E-state index contributed by atoms with van der Waals surface area (Å²) in [6, 6.07) is 0. The van der Waals surface area contributed by atoms with E-state index in [1.807, 2.05) is 24.7 Å². The molecule has 0 unspecified atom stereocenters. The number of aryl methyl sites for hydroxylation is 1. The molecule has 0 spiro atoms. The van der Waals surface area contributed by atoms with Crippen LogP contribution in [0.15, 0.2) is 18.7 Å². The summed E-state index contributed by atoms with van der Waals surface area (Å²) in [5, 5.41) is 0. The summed E-state index contributed by atoms with van der Waals surface area (Å²) >= 11 is 0. The topological polar surface area (TPSA) is 17.8 Å². The van der Waals surface area contributed by atoms with Crippen molar-refractivity contribution in [3.63, 3.8) is 0 Å². The molecule has 0 saturated carbocycles. The van der Waals surface area contributed by atoms with Crippen LogP contribution in [0.3, 0.4) is 0 Å². The van der Waals surface area contributed by atoms with E-state index in [1.165, 1.54) is 0 Å². The first-order valence-electron chi connectivity index (χ1n) is 3.79. The minimum atomic E-state index is -0.156. The molecule has 0 fully saturated rings. The van der Waals surface area contributed by atoms with Crippen molar-refractivity contribution in [3.8, 4) is 0 Å². The maximum atomic E-state index is 11.0. The molecule has 0 radical (unpaired) electrons. The summed E-state index contributed by atoms with van der Waals surface area (Å²) in [4.78, 5) is 3.78. The van der Waals surface area contributed by atoms with E-state index < -0.39 is 0 Å². The predicted molar refractivity (Wildman–Crippen MR) is 44.1 cm³/mol. The molecule has 0 aliphatic carbocycles. The first kappa shape index (κ1) is 10.1. The second-order valence-corrected chi connectivity index (χ2v) is 2.27. The van der Waals surface area contributed by atoms with E-state index in [9.17, 15) is 4.39 Å². The van der Waals surface area contributed by atoms with Gasteiger partial charge in [-0.1, -0.05) is 13.3 Å². The summed E-state index contributed by atoms with van der Waals surface area (Å²) in [5.74, 6) is 0. The van der Waals surface area contributed by atoms with Gasteiger partial charge in [0.2, 0.25) is 0 Å². The third kappa shape index (κ3) is 7.03. The van der Waals surface area contributed by atoms with Crippen LogP contribution in [0.1, 0.15) is 19.8 Å². The Kier molecular flexibility index (Phi) is 6.68. The first-order chi connectivity index (χ1) is 5.31. The largest absolute Gasteiger partial charge is 0.341 e. The molecule has 1 rings (SSSR count). The number of hydrogen-bond donors (Lipinski definition) is 0. The third-order valence-corrected chi connectivity index (χ3v) is 1.12. The number of rotatable bonds is 2. The number of nitrogens with zero attached hydrogens (tertiary/aromatic N) is 2. The SMILES string of the molecule is CCCCF.Cn1ccnc1. The molecular weight excluding hydrogens is 143 g/mol. The molecule has 0 saturated heterocycles. The Morgan fingerprint density at radius 2 is 2.27 bits per heavy atom. The molecule has 2 nitrogen and oxygen atoms in total. The van der Waals surface area contributed by atoms with Crippen molar-refractivity contribution < 1.29 is 4.39 Å². The smallest absolute Gasteiger partial charge is 0.0943 e. The zero-order chi connectivity index (χ0) is 8.53. The second kappa shape index (κ2) is 7.25. The van der Waals surface area contributed by atoms with Crippen LogP contribution in [0.5, 0.6) is 0 Å². The van der Waals surface area contributed by atoms with Gasteiger partial charge in [0.25, 0.3) is 0 Å². The van der Waals surface area contributed by atoms with Gasteiger partial charge in [0.15, 0.2) is 0 Å². The quantitative estimate of drug-likeness (QED) is 0.645. The van der Waals surface area contributed by atoms with Crippen molar-refractivity contribution >= 4 is 0 Å². The van der Waals surface area contributed by atoms with E-state index in [-0.39, 0.29) is 6.67 Å². The summed E-state index contributed by atoms with van der Waals surface area (Å²) in [6.07, 6.45) is 7.08. The van der Waals surface area contributed by atoms with Crippen LogP contribution in [0.25, 0.3) is 0 Å². The molecule has 1 aromatic heterocycles. The minimum absolute atomic E-state index is 0.156. The zero-order valence-electron chi connectivity index (χ0n) is 7.13. The van der Waals surface area contributed by atoms with E-state index in [0.717, 1.165) is 12.8 Å². The van der Waals surface area contributed by atoms with Gasteiger partial charge in [-0.25, -0.2) is 4.98 Å². The van der Waals surface area contributed by atoms with Gasteiger partial charge in [-0.15, -0.1) is 0 Å². The van der Waals surface area contributed by atoms with Crippen LogP contribution in [0.2, 0.25) is 0 Å². The molecule has 0 N–H and O–H groups in total. The summed E-state index contributed by atoms with van der Waals surface area (Å²) in [5.41, 5.74) is 0. The average Bonchev–Trinajstić information content (AvgIpc) is 2.43. The first-order valence-corrected chi connectivity index (χ1v) is 3.79. The molecule has 0 bridgehead atoms. The van der Waals surface area contributed by atoms with Gasteiger partial charge < -0.3 is 4.57 Å². The van der Waals surface area contributed by atoms with Crippen LogP contribution in [-0.2, 0) is 7.05 Å². The van der Waals surface area contributed by atoms with Crippen LogP contribution in [-0.4, -0.2) is 16.2 Å². The maximum absolute atomic E-state index is 11.0. The van der Waals surface area contributed by atoms with Gasteiger partial charge in [-0.05, 0) is 6.42 Å². The molecule has 0 atom stereocenters. The van der Waals surface area contributed by atoms with Crippen molar-refractivity contribution in [3.05, 3.63) is 18.7 Å². The summed E-state index contributed by atoms with van der Waals surface area (Å²) in [7, 11) is 1.94.